The van der Waals surface area contributed by atoms with E-state index < -0.39 is 0 Å². The van der Waals surface area contributed by atoms with Gasteiger partial charge >= 0.3 is 0 Å². The molecule has 29 heavy (non-hydrogen) atoms. The molecule has 0 aromatic rings. The normalized spacial score (nSPS) is 43.2. The van der Waals surface area contributed by atoms with Gasteiger partial charge in [0, 0.05) is 13.0 Å². The summed E-state index contributed by atoms with van der Waals surface area (Å²) in [6.45, 7) is 10.1. The van der Waals surface area contributed by atoms with Crippen LogP contribution < -0.4 is 0 Å². The number of carbonyl (C=O) groups is 1. The zero-order valence-corrected chi connectivity index (χ0v) is 19.1. The second kappa shape index (κ2) is 7.98. The average molecular weight is 399 g/mol. The van der Waals surface area contributed by atoms with Crippen LogP contribution in [0.5, 0.6) is 0 Å². The standard InChI is InChI=1S/C27H42O2/c1-18(17-28)6-5-7-19(2)23-10-11-24-22-9-8-20-16-21(29)12-14-26(20,3)25(22)13-15-27(23,24)4/h8-9,16,18-19,22-25,28H,5-7,10-15,17H2,1-4H3/t18?,19-,22+,23-,24+,25+,26+,27-/m1/s1. The highest BCUT2D eigenvalue weighted by Gasteiger charge is 2.58. The van der Waals surface area contributed by atoms with Crippen LogP contribution in [0.2, 0.25) is 0 Å². The third-order valence-electron chi connectivity index (χ3n) is 9.94. The topological polar surface area (TPSA) is 37.3 Å². The van der Waals surface area contributed by atoms with E-state index in [9.17, 15) is 9.90 Å². The van der Waals surface area contributed by atoms with E-state index in [2.05, 4.69) is 39.8 Å². The number of hydrogen-bond acceptors (Lipinski definition) is 2. The van der Waals surface area contributed by atoms with Crippen molar-refractivity contribution >= 4 is 5.78 Å². The number of rotatable bonds is 6. The number of hydrogen-bond donors (Lipinski definition) is 1. The average Bonchev–Trinajstić information content (AvgIpc) is 3.05. The Bertz CT molecular complexity index is 691. The Morgan fingerprint density at radius 3 is 2.66 bits per heavy atom. The zero-order valence-electron chi connectivity index (χ0n) is 19.1. The fourth-order valence-corrected chi connectivity index (χ4v) is 8.05. The van der Waals surface area contributed by atoms with Crippen LogP contribution in [0.3, 0.4) is 0 Å². The molecule has 4 rings (SSSR count). The summed E-state index contributed by atoms with van der Waals surface area (Å²) in [5, 5.41) is 9.31. The lowest BCUT2D eigenvalue weighted by atomic mass is 9.48. The van der Waals surface area contributed by atoms with Crippen molar-refractivity contribution in [3.63, 3.8) is 0 Å². The largest absolute Gasteiger partial charge is 0.396 e. The maximum Gasteiger partial charge on any atom is 0.156 e. The number of allylic oxidation sites excluding steroid dienone is 4. The maximum absolute atomic E-state index is 12.0. The van der Waals surface area contributed by atoms with Gasteiger partial charge in [0.25, 0.3) is 0 Å². The molecule has 0 bridgehead atoms. The monoisotopic (exact) mass is 398 g/mol. The van der Waals surface area contributed by atoms with Gasteiger partial charge in [-0.1, -0.05) is 52.7 Å². The van der Waals surface area contributed by atoms with Crippen LogP contribution in [-0.4, -0.2) is 17.5 Å². The van der Waals surface area contributed by atoms with E-state index in [0.29, 0.717) is 29.6 Å². The van der Waals surface area contributed by atoms with Crippen molar-refractivity contribution in [1.29, 1.82) is 0 Å². The molecule has 0 saturated heterocycles. The maximum atomic E-state index is 12.0. The summed E-state index contributed by atoms with van der Waals surface area (Å²) in [7, 11) is 0. The predicted molar refractivity (Wildman–Crippen MR) is 119 cm³/mol. The molecule has 0 aromatic carbocycles. The van der Waals surface area contributed by atoms with Gasteiger partial charge in [-0.15, -0.1) is 0 Å². The lowest BCUT2D eigenvalue weighted by molar-refractivity contribution is -0.116. The quantitative estimate of drug-likeness (QED) is 0.566. The summed E-state index contributed by atoms with van der Waals surface area (Å²) in [4.78, 5) is 12.0. The molecular formula is C27H42O2. The van der Waals surface area contributed by atoms with Gasteiger partial charge in [0.15, 0.2) is 5.78 Å². The van der Waals surface area contributed by atoms with Gasteiger partial charge in [0.05, 0.1) is 0 Å². The molecule has 2 heteroatoms. The van der Waals surface area contributed by atoms with Crippen LogP contribution in [0.25, 0.3) is 0 Å². The molecule has 0 aromatic heterocycles. The van der Waals surface area contributed by atoms with Crippen molar-refractivity contribution in [3.05, 3.63) is 23.8 Å². The van der Waals surface area contributed by atoms with Gasteiger partial charge in [0.1, 0.15) is 0 Å². The van der Waals surface area contributed by atoms with Crippen molar-refractivity contribution in [1.82, 2.24) is 0 Å². The van der Waals surface area contributed by atoms with Crippen LogP contribution in [0.15, 0.2) is 23.8 Å². The second-order valence-corrected chi connectivity index (χ2v) is 11.6. The van der Waals surface area contributed by atoms with Crippen LogP contribution in [-0.2, 0) is 4.79 Å². The Kier molecular flexibility index (Phi) is 5.88. The van der Waals surface area contributed by atoms with E-state index in [1.165, 1.54) is 44.1 Å². The zero-order chi connectivity index (χ0) is 20.8. The first-order valence-electron chi connectivity index (χ1n) is 12.3. The van der Waals surface area contributed by atoms with Gasteiger partial charge in [-0.2, -0.15) is 0 Å². The number of ketones is 1. The first kappa shape index (κ1) is 21.3. The summed E-state index contributed by atoms with van der Waals surface area (Å²) in [5.74, 6) is 4.66. The van der Waals surface area contributed by atoms with E-state index >= 15 is 0 Å². The van der Waals surface area contributed by atoms with Gasteiger partial charge in [-0.3, -0.25) is 4.79 Å². The van der Waals surface area contributed by atoms with Crippen LogP contribution in [0, 0.1) is 46.3 Å². The van der Waals surface area contributed by atoms with Crippen molar-refractivity contribution in [2.75, 3.05) is 6.61 Å². The van der Waals surface area contributed by atoms with Crippen LogP contribution in [0.4, 0.5) is 0 Å². The van der Waals surface area contributed by atoms with Crippen LogP contribution >= 0.6 is 0 Å². The molecular weight excluding hydrogens is 356 g/mol. The van der Waals surface area contributed by atoms with Crippen molar-refractivity contribution in [2.45, 2.75) is 85.5 Å². The van der Waals surface area contributed by atoms with Gasteiger partial charge in [0.2, 0.25) is 0 Å². The SMILES string of the molecule is CC(CO)CCC[C@@H](C)[C@H]1CC[C@H]2[C@@H]3C=CC4=CC(=O)CC[C@]4(C)[C@H]3CC[C@]12C. The molecule has 0 spiro atoms. The molecule has 0 aliphatic heterocycles. The molecule has 4 aliphatic rings. The molecule has 162 valence electrons. The van der Waals surface area contributed by atoms with Gasteiger partial charge in [-0.05, 0) is 96.5 Å². The molecule has 0 radical (unpaired) electrons. The highest BCUT2D eigenvalue weighted by molar-refractivity contribution is 5.92. The van der Waals surface area contributed by atoms with Crippen molar-refractivity contribution < 1.29 is 9.90 Å². The lowest BCUT2D eigenvalue weighted by Crippen LogP contribution is -2.49. The smallest absolute Gasteiger partial charge is 0.156 e. The highest BCUT2D eigenvalue weighted by Crippen LogP contribution is 2.66. The molecule has 2 nitrogen and oxygen atoms in total. The van der Waals surface area contributed by atoms with E-state index in [-0.39, 0.29) is 5.41 Å². The Morgan fingerprint density at radius 1 is 1.10 bits per heavy atom. The summed E-state index contributed by atoms with van der Waals surface area (Å²) in [6.07, 6.45) is 17.8. The first-order valence-corrected chi connectivity index (χ1v) is 12.3. The first-order chi connectivity index (χ1) is 13.8. The number of fused-ring (bicyclic) bond motifs is 5. The fraction of sp³-hybridized carbons (Fsp3) is 0.815. The Morgan fingerprint density at radius 2 is 1.90 bits per heavy atom. The van der Waals surface area contributed by atoms with Gasteiger partial charge in [-0.25, -0.2) is 0 Å². The third-order valence-corrected chi connectivity index (χ3v) is 9.94. The third kappa shape index (κ3) is 3.58. The van der Waals surface area contributed by atoms with E-state index in [0.717, 1.165) is 42.9 Å². The molecule has 0 amide bonds. The summed E-state index contributed by atoms with van der Waals surface area (Å²) >= 11 is 0. The number of carbonyl (C=O) groups excluding carboxylic acids is 1. The van der Waals surface area contributed by atoms with E-state index in [1.54, 1.807) is 0 Å². The highest BCUT2D eigenvalue weighted by atomic mass is 16.3. The van der Waals surface area contributed by atoms with Crippen LogP contribution in [0.1, 0.15) is 85.5 Å². The summed E-state index contributed by atoms with van der Waals surface area (Å²) in [6, 6.07) is 0. The van der Waals surface area contributed by atoms with Crippen molar-refractivity contribution in [3.8, 4) is 0 Å². The molecule has 8 atom stereocenters. The number of aliphatic hydroxyl groups is 1. The predicted octanol–water partition coefficient (Wildman–Crippen LogP) is 6.35. The Hall–Kier alpha value is -0.890. The second-order valence-electron chi connectivity index (χ2n) is 11.6. The minimum absolute atomic E-state index is 0.221. The minimum atomic E-state index is 0.221. The van der Waals surface area contributed by atoms with E-state index in [4.69, 9.17) is 0 Å². The molecule has 1 unspecified atom stereocenters. The van der Waals surface area contributed by atoms with E-state index in [1.807, 2.05) is 6.08 Å². The number of aliphatic hydroxyl groups excluding tert-OH is 1. The van der Waals surface area contributed by atoms with Gasteiger partial charge < -0.3 is 5.11 Å². The van der Waals surface area contributed by atoms with Crippen molar-refractivity contribution in [2.24, 2.45) is 46.3 Å². The molecule has 4 aliphatic carbocycles. The molecule has 2 fully saturated rings. The fourth-order valence-electron chi connectivity index (χ4n) is 8.05. The summed E-state index contributed by atoms with van der Waals surface area (Å²) < 4.78 is 0. The summed E-state index contributed by atoms with van der Waals surface area (Å²) in [5.41, 5.74) is 2.02. The lowest BCUT2D eigenvalue weighted by Gasteiger charge is -2.56. The Balaban J connectivity index is 1.49. The minimum Gasteiger partial charge on any atom is -0.396 e. The molecule has 1 N–H and O–H groups in total. The molecule has 0 heterocycles. The Labute approximate surface area is 178 Å². The molecule has 2 saturated carbocycles.